The summed E-state index contributed by atoms with van der Waals surface area (Å²) in [5, 5.41) is 0.909. The quantitative estimate of drug-likeness (QED) is 0.640. The van der Waals surface area contributed by atoms with Gasteiger partial charge in [0.15, 0.2) is 6.61 Å². The molecule has 0 fully saturated rings. The lowest BCUT2D eigenvalue weighted by molar-refractivity contribution is -0.136. The van der Waals surface area contributed by atoms with Gasteiger partial charge in [-0.15, -0.1) is 0 Å². The minimum atomic E-state index is -0.414. The van der Waals surface area contributed by atoms with E-state index < -0.39 is 5.91 Å². The van der Waals surface area contributed by atoms with Crippen molar-refractivity contribution in [3.05, 3.63) is 27.2 Å². The molecule has 0 spiro atoms. The largest absolute Gasteiger partial charge is 0.482 e. The molecular formula is C12H14Cl3NO3. The molecule has 0 aliphatic carbocycles. The van der Waals surface area contributed by atoms with Crippen molar-refractivity contribution in [1.82, 2.24) is 5.48 Å². The van der Waals surface area contributed by atoms with Gasteiger partial charge in [0, 0.05) is 6.07 Å². The Bertz CT molecular complexity index is 452. The van der Waals surface area contributed by atoms with Crippen molar-refractivity contribution in [2.75, 3.05) is 13.2 Å². The summed E-state index contributed by atoms with van der Waals surface area (Å²) in [5.41, 5.74) is 2.26. The van der Waals surface area contributed by atoms with Crippen LogP contribution in [0.1, 0.15) is 13.8 Å². The van der Waals surface area contributed by atoms with E-state index in [-0.39, 0.29) is 17.4 Å². The van der Waals surface area contributed by atoms with Crippen LogP contribution in [0.3, 0.4) is 0 Å². The Labute approximate surface area is 126 Å². The first-order valence-electron chi connectivity index (χ1n) is 5.58. The smallest absolute Gasteiger partial charge is 0.281 e. The minimum Gasteiger partial charge on any atom is -0.482 e. The predicted octanol–water partition coefficient (Wildman–Crippen LogP) is 3.73. The van der Waals surface area contributed by atoms with Crippen LogP contribution in [0, 0.1) is 5.92 Å². The van der Waals surface area contributed by atoms with Crippen LogP contribution in [0.15, 0.2) is 12.1 Å². The summed E-state index contributed by atoms with van der Waals surface area (Å²) in [5.74, 6) is 0.198. The first-order valence-corrected chi connectivity index (χ1v) is 6.71. The number of benzene rings is 1. The normalized spacial score (nSPS) is 10.6. The van der Waals surface area contributed by atoms with Crippen LogP contribution in [-0.2, 0) is 9.63 Å². The van der Waals surface area contributed by atoms with Crippen molar-refractivity contribution in [2.24, 2.45) is 5.92 Å². The maximum atomic E-state index is 11.4. The van der Waals surface area contributed by atoms with Crippen molar-refractivity contribution in [1.29, 1.82) is 0 Å². The van der Waals surface area contributed by atoms with Crippen LogP contribution >= 0.6 is 34.8 Å². The minimum absolute atomic E-state index is 0.226. The van der Waals surface area contributed by atoms with E-state index in [2.05, 4.69) is 5.48 Å². The Balaban J connectivity index is 2.44. The van der Waals surface area contributed by atoms with Crippen molar-refractivity contribution in [3.8, 4) is 5.75 Å². The van der Waals surface area contributed by atoms with E-state index in [0.717, 1.165) is 0 Å². The number of carbonyl (C=O) groups is 1. The molecule has 0 saturated heterocycles. The van der Waals surface area contributed by atoms with Crippen LogP contribution in [0.25, 0.3) is 0 Å². The molecule has 4 nitrogen and oxygen atoms in total. The first-order chi connectivity index (χ1) is 8.90. The monoisotopic (exact) mass is 325 g/mol. The van der Waals surface area contributed by atoms with Gasteiger partial charge in [-0.2, -0.15) is 0 Å². The Morgan fingerprint density at radius 2 is 1.84 bits per heavy atom. The zero-order valence-electron chi connectivity index (χ0n) is 10.5. The van der Waals surface area contributed by atoms with Crippen molar-refractivity contribution in [3.63, 3.8) is 0 Å². The third-order valence-corrected chi connectivity index (χ3v) is 2.95. The Kier molecular flexibility index (Phi) is 6.72. The highest BCUT2D eigenvalue weighted by atomic mass is 35.5. The highest BCUT2D eigenvalue weighted by Gasteiger charge is 2.09. The Morgan fingerprint density at radius 3 is 2.47 bits per heavy atom. The molecule has 0 heterocycles. The van der Waals surface area contributed by atoms with Crippen molar-refractivity contribution >= 4 is 40.7 Å². The summed E-state index contributed by atoms with van der Waals surface area (Å²) < 4.78 is 5.22. The van der Waals surface area contributed by atoms with Gasteiger partial charge in [0.25, 0.3) is 5.91 Å². The molecule has 106 valence electrons. The lowest BCUT2D eigenvalue weighted by Crippen LogP contribution is -2.30. The average Bonchev–Trinajstić information content (AvgIpc) is 2.31. The second-order valence-corrected chi connectivity index (χ2v) is 5.44. The number of halogens is 3. The highest BCUT2D eigenvalue weighted by molar-refractivity contribution is 6.43. The topological polar surface area (TPSA) is 47.6 Å². The lowest BCUT2D eigenvalue weighted by Gasteiger charge is -2.10. The predicted molar refractivity (Wildman–Crippen MR) is 75.9 cm³/mol. The van der Waals surface area contributed by atoms with E-state index in [4.69, 9.17) is 44.4 Å². The zero-order valence-corrected chi connectivity index (χ0v) is 12.8. The number of hydroxylamine groups is 1. The molecule has 1 aromatic rings. The van der Waals surface area contributed by atoms with Gasteiger partial charge in [-0.1, -0.05) is 48.7 Å². The van der Waals surface area contributed by atoms with Crippen LogP contribution in [-0.4, -0.2) is 19.1 Å². The Morgan fingerprint density at radius 1 is 1.21 bits per heavy atom. The first kappa shape index (κ1) is 16.4. The van der Waals surface area contributed by atoms with Gasteiger partial charge in [0.2, 0.25) is 0 Å². The van der Waals surface area contributed by atoms with Gasteiger partial charge in [-0.25, -0.2) is 5.48 Å². The highest BCUT2D eigenvalue weighted by Crippen LogP contribution is 2.33. The fraction of sp³-hybridized carbons (Fsp3) is 0.417. The van der Waals surface area contributed by atoms with E-state index in [1.165, 1.54) is 12.1 Å². The van der Waals surface area contributed by atoms with Crippen LogP contribution in [0.4, 0.5) is 0 Å². The molecule has 0 aliphatic heterocycles. The van der Waals surface area contributed by atoms with Gasteiger partial charge in [-0.3, -0.25) is 9.63 Å². The third kappa shape index (κ3) is 5.87. The third-order valence-electron chi connectivity index (χ3n) is 1.94. The van der Waals surface area contributed by atoms with Gasteiger partial charge in [0.1, 0.15) is 5.75 Å². The van der Waals surface area contributed by atoms with Crippen LogP contribution < -0.4 is 10.2 Å². The maximum Gasteiger partial charge on any atom is 0.281 e. The maximum absolute atomic E-state index is 11.4. The molecule has 0 atom stereocenters. The fourth-order valence-corrected chi connectivity index (χ4v) is 1.67. The molecule has 0 unspecified atom stereocenters. The molecule has 19 heavy (non-hydrogen) atoms. The molecule has 1 amide bonds. The van der Waals surface area contributed by atoms with E-state index in [0.29, 0.717) is 22.6 Å². The average molecular weight is 327 g/mol. The molecule has 1 rings (SSSR count). The number of rotatable bonds is 6. The van der Waals surface area contributed by atoms with Crippen molar-refractivity contribution in [2.45, 2.75) is 13.8 Å². The molecule has 7 heteroatoms. The van der Waals surface area contributed by atoms with Gasteiger partial charge < -0.3 is 4.74 Å². The summed E-state index contributed by atoms with van der Waals surface area (Å²) in [6.07, 6.45) is 0. The van der Waals surface area contributed by atoms with Crippen molar-refractivity contribution < 1.29 is 14.4 Å². The van der Waals surface area contributed by atoms with E-state index in [1.807, 2.05) is 13.8 Å². The lowest BCUT2D eigenvalue weighted by atomic mass is 10.2. The summed E-state index contributed by atoms with van der Waals surface area (Å²) in [6, 6.07) is 2.91. The second-order valence-electron chi connectivity index (χ2n) is 4.22. The molecule has 0 aliphatic rings. The molecule has 0 aromatic heterocycles. The summed E-state index contributed by atoms with van der Waals surface area (Å²) in [7, 11) is 0. The van der Waals surface area contributed by atoms with Gasteiger partial charge >= 0.3 is 0 Å². The van der Waals surface area contributed by atoms with Crippen LogP contribution in [0.2, 0.25) is 15.1 Å². The number of amides is 1. The summed E-state index contributed by atoms with van der Waals surface area (Å²) in [4.78, 5) is 16.4. The molecule has 1 N–H and O–H groups in total. The Hall–Kier alpha value is -0.680. The number of nitrogens with one attached hydrogen (secondary N) is 1. The van der Waals surface area contributed by atoms with E-state index >= 15 is 0 Å². The van der Waals surface area contributed by atoms with E-state index in [9.17, 15) is 4.79 Å². The molecule has 0 saturated carbocycles. The fourth-order valence-electron chi connectivity index (χ4n) is 1.08. The van der Waals surface area contributed by atoms with Gasteiger partial charge in [0.05, 0.1) is 21.7 Å². The molecule has 1 aromatic carbocycles. The number of hydrogen-bond acceptors (Lipinski definition) is 3. The van der Waals surface area contributed by atoms with E-state index in [1.54, 1.807) is 0 Å². The second kappa shape index (κ2) is 7.80. The zero-order chi connectivity index (χ0) is 14.4. The SMILES string of the molecule is CC(C)CONC(=O)COc1cc(Cl)c(Cl)cc1Cl. The standard InChI is InChI=1S/C12H14Cl3NO3/c1-7(2)5-19-16-12(17)6-18-11-4-9(14)8(13)3-10(11)15/h3-4,7H,5-6H2,1-2H3,(H,16,17). The number of ether oxygens (including phenoxy) is 1. The molecule has 0 bridgehead atoms. The summed E-state index contributed by atoms with van der Waals surface area (Å²) in [6.45, 7) is 4.14. The molecular weight excluding hydrogens is 312 g/mol. The number of hydrogen-bond donors (Lipinski definition) is 1. The number of carbonyl (C=O) groups excluding carboxylic acids is 1. The van der Waals surface area contributed by atoms with Gasteiger partial charge in [-0.05, 0) is 12.0 Å². The summed E-state index contributed by atoms with van der Waals surface area (Å²) >= 11 is 17.5. The molecule has 0 radical (unpaired) electrons. The van der Waals surface area contributed by atoms with Crippen LogP contribution in [0.5, 0.6) is 5.75 Å².